The summed E-state index contributed by atoms with van der Waals surface area (Å²) in [5, 5.41) is 0. The van der Waals surface area contributed by atoms with Crippen LogP contribution in [0.2, 0.25) is 5.82 Å². The van der Waals surface area contributed by atoms with Gasteiger partial charge in [0.1, 0.15) is 0 Å². The fourth-order valence-corrected chi connectivity index (χ4v) is 3.05. The summed E-state index contributed by atoms with van der Waals surface area (Å²) in [7, 11) is 1.69. The number of hydrogen-bond donors (Lipinski definition) is 1. The molecule has 0 atom stereocenters. The van der Waals surface area contributed by atoms with Gasteiger partial charge in [-0.3, -0.25) is 0 Å². The molecular weight excluding hydrogens is 301 g/mol. The molecule has 1 N–H and O–H groups in total. The molecule has 2 aromatic rings. The van der Waals surface area contributed by atoms with Crippen molar-refractivity contribution in [1.29, 1.82) is 0 Å². The van der Waals surface area contributed by atoms with Gasteiger partial charge in [-0.25, -0.2) is 0 Å². The fraction of sp³-hybridized carbons (Fsp3) is 0.188. The molecule has 0 aliphatic carbocycles. The molecule has 0 aliphatic heterocycles. The number of methoxy groups -OCH3 is 1. The van der Waals surface area contributed by atoms with E-state index in [9.17, 15) is 0 Å². The third-order valence-electron chi connectivity index (χ3n) is 2.85. The molecule has 0 unspecified atom stereocenters. The Labute approximate surface area is 120 Å². The van der Waals surface area contributed by atoms with Crippen LogP contribution in [0.15, 0.2) is 54.6 Å². The molecule has 0 saturated heterocycles. The van der Waals surface area contributed by atoms with E-state index in [1.54, 1.807) is 7.11 Å². The van der Waals surface area contributed by atoms with Crippen molar-refractivity contribution in [1.82, 2.24) is 0 Å². The quantitative estimate of drug-likeness (QED) is 0.655. The van der Waals surface area contributed by atoms with E-state index in [1.165, 1.54) is 15.7 Å². The van der Waals surface area contributed by atoms with Gasteiger partial charge in [0.15, 0.2) is 0 Å². The third kappa shape index (κ3) is 3.95. The van der Waals surface area contributed by atoms with Crippen molar-refractivity contribution >= 4 is 19.6 Å². The summed E-state index contributed by atoms with van der Waals surface area (Å²) < 4.78 is 6.51. The van der Waals surface area contributed by atoms with Crippen molar-refractivity contribution in [3.05, 3.63) is 65.7 Å². The maximum atomic E-state index is 5.19. The van der Waals surface area contributed by atoms with Gasteiger partial charge in [0.05, 0.1) is 0 Å². The SMILES string of the molecule is COc1ccc(C(=[NH+]Cc2ccccc2)[Se]C)cc1. The molecule has 0 saturated carbocycles. The van der Waals surface area contributed by atoms with Crippen molar-refractivity contribution in [2.75, 3.05) is 7.11 Å². The van der Waals surface area contributed by atoms with E-state index >= 15 is 0 Å². The Morgan fingerprint density at radius 3 is 2.32 bits per heavy atom. The van der Waals surface area contributed by atoms with Gasteiger partial charge in [0.25, 0.3) is 0 Å². The van der Waals surface area contributed by atoms with Crippen LogP contribution in [0.3, 0.4) is 0 Å². The molecule has 0 fully saturated rings. The summed E-state index contributed by atoms with van der Waals surface area (Å²) in [5.74, 6) is 3.12. The molecule has 0 aromatic heterocycles. The van der Waals surface area contributed by atoms with E-state index in [1.807, 2.05) is 18.2 Å². The average Bonchev–Trinajstić information content (AvgIpc) is 2.49. The Morgan fingerprint density at radius 2 is 1.74 bits per heavy atom. The van der Waals surface area contributed by atoms with E-state index in [2.05, 4.69) is 47.2 Å². The van der Waals surface area contributed by atoms with E-state index in [-0.39, 0.29) is 0 Å². The maximum absolute atomic E-state index is 5.19. The first kappa shape index (κ1) is 13.9. The molecule has 0 radical (unpaired) electrons. The van der Waals surface area contributed by atoms with E-state index in [4.69, 9.17) is 4.74 Å². The van der Waals surface area contributed by atoms with Gasteiger partial charge in [-0.05, 0) is 0 Å². The van der Waals surface area contributed by atoms with Crippen LogP contribution < -0.4 is 9.73 Å². The Bertz CT molecular complexity index is 534. The van der Waals surface area contributed by atoms with Crippen molar-refractivity contribution in [2.45, 2.75) is 12.4 Å². The molecule has 0 bridgehead atoms. The Morgan fingerprint density at radius 1 is 1.05 bits per heavy atom. The molecule has 2 nitrogen and oxygen atoms in total. The molecule has 2 rings (SSSR count). The van der Waals surface area contributed by atoms with Gasteiger partial charge >= 0.3 is 120 Å². The Hall–Kier alpha value is -1.57. The Kier molecular flexibility index (Phi) is 5.19. The van der Waals surface area contributed by atoms with Gasteiger partial charge in [-0.1, -0.05) is 0 Å². The predicted octanol–water partition coefficient (Wildman–Crippen LogP) is 1.47. The topological polar surface area (TPSA) is 23.2 Å². The van der Waals surface area contributed by atoms with Gasteiger partial charge in [0.2, 0.25) is 0 Å². The van der Waals surface area contributed by atoms with Gasteiger partial charge in [0, 0.05) is 0 Å². The van der Waals surface area contributed by atoms with E-state index < -0.39 is 0 Å². The monoisotopic (exact) mass is 320 g/mol. The van der Waals surface area contributed by atoms with E-state index in [0.29, 0.717) is 15.0 Å². The normalized spacial score (nSPS) is 11.4. The van der Waals surface area contributed by atoms with Crippen LogP contribution in [-0.2, 0) is 6.54 Å². The molecule has 0 spiro atoms. The first-order valence-electron chi connectivity index (χ1n) is 6.16. The zero-order valence-corrected chi connectivity index (χ0v) is 12.9. The summed E-state index contributed by atoms with van der Waals surface area (Å²) in [4.78, 5) is 3.54. The number of ether oxygens (including phenoxy) is 1. The molecule has 3 heteroatoms. The molecule has 0 heterocycles. The molecule has 2 aromatic carbocycles. The predicted molar refractivity (Wildman–Crippen MR) is 79.8 cm³/mol. The number of rotatable bonds is 5. The first-order valence-corrected chi connectivity index (χ1v) is 8.73. The Balaban J connectivity index is 2.14. The van der Waals surface area contributed by atoms with Crippen LogP contribution in [0, 0.1) is 0 Å². The minimum absolute atomic E-state index is 0.434. The van der Waals surface area contributed by atoms with Gasteiger partial charge in [-0.15, -0.1) is 0 Å². The van der Waals surface area contributed by atoms with Crippen molar-refractivity contribution < 1.29 is 9.73 Å². The molecule has 19 heavy (non-hydrogen) atoms. The zero-order valence-electron chi connectivity index (χ0n) is 11.2. The van der Waals surface area contributed by atoms with Crippen LogP contribution in [-0.4, -0.2) is 26.7 Å². The molecule has 98 valence electrons. The summed E-state index contributed by atoms with van der Waals surface area (Å²) >= 11 is 0.434. The van der Waals surface area contributed by atoms with Crippen LogP contribution in [0.4, 0.5) is 0 Å². The van der Waals surface area contributed by atoms with Crippen LogP contribution in [0.1, 0.15) is 11.1 Å². The first-order chi connectivity index (χ1) is 9.33. The van der Waals surface area contributed by atoms with Gasteiger partial charge in [-0.2, -0.15) is 0 Å². The molecular formula is C16H18NOSe+. The average molecular weight is 319 g/mol. The van der Waals surface area contributed by atoms with Crippen LogP contribution in [0.5, 0.6) is 5.75 Å². The number of benzene rings is 2. The zero-order chi connectivity index (χ0) is 13.5. The van der Waals surface area contributed by atoms with Crippen molar-refractivity contribution in [3.8, 4) is 5.75 Å². The van der Waals surface area contributed by atoms with Crippen molar-refractivity contribution in [2.24, 2.45) is 0 Å². The molecule has 0 amide bonds. The van der Waals surface area contributed by atoms with Gasteiger partial charge < -0.3 is 0 Å². The second kappa shape index (κ2) is 7.13. The van der Waals surface area contributed by atoms with Crippen LogP contribution in [0.25, 0.3) is 0 Å². The summed E-state index contributed by atoms with van der Waals surface area (Å²) in [5.41, 5.74) is 2.55. The van der Waals surface area contributed by atoms with Crippen LogP contribution >= 0.6 is 0 Å². The second-order valence-electron chi connectivity index (χ2n) is 4.10. The van der Waals surface area contributed by atoms with E-state index in [0.717, 1.165) is 12.3 Å². The standard InChI is InChI=1S/C16H17NOSe/c1-18-15-10-8-14(9-11-15)16(19-2)17-12-13-6-4-3-5-7-13/h3-11H,12H2,1-2H3/p+1. The summed E-state index contributed by atoms with van der Waals surface area (Å²) in [6.07, 6.45) is 0. The second-order valence-corrected chi connectivity index (χ2v) is 5.81. The van der Waals surface area contributed by atoms with Crippen molar-refractivity contribution in [3.63, 3.8) is 0 Å². The third-order valence-corrected chi connectivity index (χ3v) is 4.51. The summed E-state index contributed by atoms with van der Waals surface area (Å²) in [6, 6.07) is 18.7. The fourth-order valence-electron chi connectivity index (χ4n) is 1.81. The minimum atomic E-state index is 0.434. The molecule has 0 aliphatic rings. The summed E-state index contributed by atoms with van der Waals surface area (Å²) in [6.45, 7) is 0.873. The number of nitrogens with one attached hydrogen (secondary N) is 1. The number of hydrogen-bond acceptors (Lipinski definition) is 1.